The molecule has 0 heterocycles. The Morgan fingerprint density at radius 3 is 2.56 bits per heavy atom. The first-order valence-electron chi connectivity index (χ1n) is 5.33. The van der Waals surface area contributed by atoms with Crippen molar-refractivity contribution in [1.29, 1.82) is 0 Å². The molecular formula is C12H20N2O2. The summed E-state index contributed by atoms with van der Waals surface area (Å²) in [5.74, 6) is 6.40. The highest BCUT2D eigenvalue weighted by atomic mass is 16.5. The number of nitrogens with two attached hydrogens (primary N) is 1. The lowest BCUT2D eigenvalue weighted by molar-refractivity contribution is 0.0829. The molecule has 2 atom stereocenters. The van der Waals surface area contributed by atoms with Gasteiger partial charge in [-0.1, -0.05) is 18.2 Å². The zero-order valence-electron chi connectivity index (χ0n) is 10.1. The fraction of sp³-hybridized carbons (Fsp3) is 0.500. The normalized spacial score (nSPS) is 14.5. The Morgan fingerprint density at radius 2 is 2.00 bits per heavy atom. The highest BCUT2D eigenvalue weighted by Crippen LogP contribution is 2.19. The molecule has 0 fully saturated rings. The summed E-state index contributed by atoms with van der Waals surface area (Å²) >= 11 is 0. The number of hydrazine groups is 1. The van der Waals surface area contributed by atoms with Gasteiger partial charge in [0.2, 0.25) is 0 Å². The second-order valence-electron chi connectivity index (χ2n) is 3.73. The Bertz CT molecular complexity index is 318. The maximum absolute atomic E-state index is 5.52. The summed E-state index contributed by atoms with van der Waals surface area (Å²) in [6.07, 6.45) is 0.824. The van der Waals surface area contributed by atoms with Gasteiger partial charge < -0.3 is 9.47 Å². The van der Waals surface area contributed by atoms with E-state index in [9.17, 15) is 0 Å². The third kappa shape index (κ3) is 3.20. The first kappa shape index (κ1) is 13.0. The summed E-state index contributed by atoms with van der Waals surface area (Å²) in [5.41, 5.74) is 3.89. The Morgan fingerprint density at radius 1 is 1.31 bits per heavy atom. The Labute approximate surface area is 96.7 Å². The van der Waals surface area contributed by atoms with Gasteiger partial charge in [-0.15, -0.1) is 0 Å². The predicted octanol–water partition coefficient (Wildman–Crippen LogP) is 1.10. The van der Waals surface area contributed by atoms with Crippen molar-refractivity contribution in [3.05, 3.63) is 29.8 Å². The lowest BCUT2D eigenvalue weighted by atomic mass is 10.0. The van der Waals surface area contributed by atoms with Crippen molar-refractivity contribution in [3.8, 4) is 5.75 Å². The minimum absolute atomic E-state index is 0.0508. The summed E-state index contributed by atoms with van der Waals surface area (Å²) in [4.78, 5) is 0. The quantitative estimate of drug-likeness (QED) is 0.561. The van der Waals surface area contributed by atoms with Crippen LogP contribution in [0.3, 0.4) is 0 Å². The van der Waals surface area contributed by atoms with Gasteiger partial charge in [-0.25, -0.2) is 0 Å². The highest BCUT2D eigenvalue weighted by Gasteiger charge is 2.17. The topological polar surface area (TPSA) is 56.5 Å². The standard InChI is InChI=1S/C12H20N2O2/c1-9(15-2)11(14-13)8-10-6-4-5-7-12(10)16-3/h4-7,9,11,14H,8,13H2,1-3H3. The third-order valence-electron chi connectivity index (χ3n) is 2.78. The first-order valence-corrected chi connectivity index (χ1v) is 5.33. The van der Waals surface area contributed by atoms with Crippen LogP contribution >= 0.6 is 0 Å². The second kappa shape index (κ2) is 6.48. The Hall–Kier alpha value is -1.10. The number of rotatable bonds is 6. The SMILES string of the molecule is COc1ccccc1CC(NN)C(C)OC. The van der Waals surface area contributed by atoms with Crippen LogP contribution in [0.25, 0.3) is 0 Å². The number of ether oxygens (including phenoxy) is 2. The number of benzene rings is 1. The lowest BCUT2D eigenvalue weighted by Gasteiger charge is -2.22. The van der Waals surface area contributed by atoms with E-state index in [0.717, 1.165) is 17.7 Å². The van der Waals surface area contributed by atoms with Crippen LogP contribution in [-0.2, 0) is 11.2 Å². The van der Waals surface area contributed by atoms with Crippen LogP contribution in [0.5, 0.6) is 5.75 Å². The van der Waals surface area contributed by atoms with Crippen LogP contribution in [0.4, 0.5) is 0 Å². The van der Waals surface area contributed by atoms with Crippen molar-refractivity contribution in [2.24, 2.45) is 5.84 Å². The molecule has 0 saturated carbocycles. The van der Waals surface area contributed by atoms with E-state index in [1.54, 1.807) is 14.2 Å². The molecule has 0 aliphatic carbocycles. The number of methoxy groups -OCH3 is 2. The molecule has 0 aliphatic rings. The molecule has 1 rings (SSSR count). The van der Waals surface area contributed by atoms with Crippen molar-refractivity contribution in [2.45, 2.75) is 25.5 Å². The summed E-state index contributed by atoms with van der Waals surface area (Å²) in [7, 11) is 3.35. The van der Waals surface area contributed by atoms with Crippen LogP contribution < -0.4 is 16.0 Å². The zero-order valence-corrected chi connectivity index (χ0v) is 10.1. The van der Waals surface area contributed by atoms with Gasteiger partial charge in [0.1, 0.15) is 5.75 Å². The van der Waals surface area contributed by atoms with Gasteiger partial charge >= 0.3 is 0 Å². The molecule has 0 saturated heterocycles. The summed E-state index contributed by atoms with van der Waals surface area (Å²) < 4.78 is 10.6. The van der Waals surface area contributed by atoms with E-state index in [1.165, 1.54) is 0 Å². The average molecular weight is 224 g/mol. The van der Waals surface area contributed by atoms with Gasteiger partial charge in [0.25, 0.3) is 0 Å². The maximum Gasteiger partial charge on any atom is 0.122 e. The molecule has 90 valence electrons. The summed E-state index contributed by atoms with van der Waals surface area (Å²) in [6.45, 7) is 1.99. The number of hydrogen-bond donors (Lipinski definition) is 2. The maximum atomic E-state index is 5.52. The smallest absolute Gasteiger partial charge is 0.122 e. The Kier molecular flexibility index (Phi) is 5.25. The second-order valence-corrected chi connectivity index (χ2v) is 3.73. The van der Waals surface area contributed by atoms with Crippen molar-refractivity contribution >= 4 is 0 Å². The van der Waals surface area contributed by atoms with Crippen molar-refractivity contribution in [1.82, 2.24) is 5.43 Å². The monoisotopic (exact) mass is 224 g/mol. The largest absolute Gasteiger partial charge is 0.496 e. The molecule has 1 aromatic rings. The van der Waals surface area contributed by atoms with Gasteiger partial charge in [0, 0.05) is 7.11 Å². The van der Waals surface area contributed by atoms with Crippen LogP contribution in [0.15, 0.2) is 24.3 Å². The van der Waals surface area contributed by atoms with Gasteiger partial charge in [0.15, 0.2) is 0 Å². The fourth-order valence-electron chi connectivity index (χ4n) is 1.63. The van der Waals surface area contributed by atoms with Gasteiger partial charge in [-0.05, 0) is 25.0 Å². The minimum Gasteiger partial charge on any atom is -0.496 e. The van der Waals surface area contributed by atoms with Gasteiger partial charge in [0.05, 0.1) is 19.3 Å². The molecular weight excluding hydrogens is 204 g/mol. The van der Waals surface area contributed by atoms with Crippen LogP contribution in [0.2, 0.25) is 0 Å². The first-order chi connectivity index (χ1) is 7.72. The molecule has 4 nitrogen and oxygen atoms in total. The van der Waals surface area contributed by atoms with Gasteiger partial charge in [-0.3, -0.25) is 11.3 Å². The molecule has 1 aromatic carbocycles. The zero-order chi connectivity index (χ0) is 12.0. The molecule has 4 heteroatoms. The van der Waals surface area contributed by atoms with Crippen LogP contribution in [0, 0.1) is 0 Å². The predicted molar refractivity (Wildman–Crippen MR) is 64.3 cm³/mol. The number of para-hydroxylation sites is 1. The highest BCUT2D eigenvalue weighted by molar-refractivity contribution is 5.33. The molecule has 0 bridgehead atoms. The molecule has 0 radical (unpaired) electrons. The molecule has 0 spiro atoms. The van der Waals surface area contributed by atoms with E-state index in [2.05, 4.69) is 5.43 Å². The van der Waals surface area contributed by atoms with E-state index in [1.807, 2.05) is 31.2 Å². The molecule has 3 N–H and O–H groups in total. The molecule has 16 heavy (non-hydrogen) atoms. The molecule has 0 aromatic heterocycles. The average Bonchev–Trinajstić information content (AvgIpc) is 2.35. The lowest BCUT2D eigenvalue weighted by Crippen LogP contribution is -2.45. The van der Waals surface area contributed by atoms with E-state index in [4.69, 9.17) is 15.3 Å². The minimum atomic E-state index is 0.0508. The Balaban J connectivity index is 2.77. The van der Waals surface area contributed by atoms with E-state index >= 15 is 0 Å². The summed E-state index contributed by atoms with van der Waals surface area (Å²) in [5, 5.41) is 0. The molecule has 2 unspecified atom stereocenters. The van der Waals surface area contributed by atoms with E-state index in [0.29, 0.717) is 0 Å². The van der Waals surface area contributed by atoms with Crippen LogP contribution in [-0.4, -0.2) is 26.4 Å². The van der Waals surface area contributed by atoms with Crippen molar-refractivity contribution in [2.75, 3.05) is 14.2 Å². The fourth-order valence-corrected chi connectivity index (χ4v) is 1.63. The number of hydrogen-bond acceptors (Lipinski definition) is 4. The summed E-state index contributed by atoms with van der Waals surface area (Å²) in [6, 6.07) is 7.99. The number of nitrogens with one attached hydrogen (secondary N) is 1. The van der Waals surface area contributed by atoms with Crippen molar-refractivity contribution < 1.29 is 9.47 Å². The van der Waals surface area contributed by atoms with E-state index in [-0.39, 0.29) is 12.1 Å². The molecule has 0 aliphatic heterocycles. The van der Waals surface area contributed by atoms with Gasteiger partial charge in [-0.2, -0.15) is 0 Å². The van der Waals surface area contributed by atoms with Crippen molar-refractivity contribution in [3.63, 3.8) is 0 Å². The van der Waals surface area contributed by atoms with E-state index < -0.39 is 0 Å². The third-order valence-corrected chi connectivity index (χ3v) is 2.78. The molecule has 0 amide bonds. The van der Waals surface area contributed by atoms with Crippen LogP contribution in [0.1, 0.15) is 12.5 Å².